The molecule has 6 rings (SSSR count). The van der Waals surface area contributed by atoms with E-state index in [-0.39, 0.29) is 37.8 Å². The number of hydrogen-bond donors (Lipinski definition) is 0. The number of carbonyl (C=O) groups is 1. The summed E-state index contributed by atoms with van der Waals surface area (Å²) in [5.41, 5.74) is -2.79. The van der Waals surface area contributed by atoms with E-state index in [4.69, 9.17) is 0 Å². The number of benzene rings is 2. The number of halogens is 8. The average Bonchev–Trinajstić information content (AvgIpc) is 3.65. The van der Waals surface area contributed by atoms with Gasteiger partial charge in [0.2, 0.25) is 5.78 Å². The number of hydrogen-bond acceptors (Lipinski definition) is 7. The summed E-state index contributed by atoms with van der Waals surface area (Å²) < 4.78 is 115. The summed E-state index contributed by atoms with van der Waals surface area (Å²) in [5.74, 6) is -1.85. The van der Waals surface area contributed by atoms with Crippen molar-refractivity contribution in [2.45, 2.75) is 25.2 Å². The minimum atomic E-state index is -4.93. The molecule has 0 aliphatic carbocycles. The highest BCUT2D eigenvalue weighted by molar-refractivity contribution is 6.13. The Bertz CT molecular complexity index is 1720. The first kappa shape index (κ1) is 37.3. The minimum Gasteiger partial charge on any atom is -0.365 e. The molecule has 17 heteroatoms. The highest BCUT2D eigenvalue weighted by atomic mass is 19.4. The van der Waals surface area contributed by atoms with Crippen molar-refractivity contribution in [2.24, 2.45) is 14.1 Å². The molecule has 2 aromatic heterocycles. The summed E-state index contributed by atoms with van der Waals surface area (Å²) in [7, 11) is 2.10. The number of piperazine rings is 2. The first-order valence-electron chi connectivity index (χ1n) is 16.9. The lowest BCUT2D eigenvalue weighted by molar-refractivity contribution is -0.144. The maximum absolute atomic E-state index is 14.5. The highest BCUT2D eigenvalue weighted by Crippen LogP contribution is 2.43. The zero-order chi connectivity index (χ0) is 37.4. The second kappa shape index (κ2) is 14.8. The van der Waals surface area contributed by atoms with Gasteiger partial charge in [0.1, 0.15) is 11.6 Å². The summed E-state index contributed by atoms with van der Waals surface area (Å²) in [5, 5.41) is 7.94. The van der Waals surface area contributed by atoms with Gasteiger partial charge in [0.15, 0.2) is 22.8 Å². The van der Waals surface area contributed by atoms with Crippen molar-refractivity contribution in [1.29, 1.82) is 0 Å². The van der Waals surface area contributed by atoms with Crippen LogP contribution in [0.15, 0.2) is 48.5 Å². The van der Waals surface area contributed by atoms with Gasteiger partial charge in [0.25, 0.3) is 0 Å². The van der Waals surface area contributed by atoms with Crippen LogP contribution in [0.4, 0.5) is 46.5 Å². The fourth-order valence-corrected chi connectivity index (χ4v) is 6.94. The molecule has 9 nitrogen and oxygen atoms in total. The van der Waals surface area contributed by atoms with Gasteiger partial charge in [-0.25, -0.2) is 8.78 Å². The molecule has 0 saturated carbocycles. The van der Waals surface area contributed by atoms with E-state index in [1.807, 2.05) is 9.80 Å². The van der Waals surface area contributed by atoms with Crippen LogP contribution in [0.25, 0.3) is 0 Å². The summed E-state index contributed by atoms with van der Waals surface area (Å²) in [6.45, 7) is 2.92. The van der Waals surface area contributed by atoms with Crippen LogP contribution in [0.2, 0.25) is 0 Å². The molecule has 2 aromatic carbocycles. The SMILES string of the molecule is Cn1nc(C(=O)c2nn(C)c(C(F)(F)F)c2N2CCN(CCc3ccc(F)cc3)CC2)c(N2CCN(CCc3ccc(F)cc3)CC2)c1C(F)(F)F. The topological polar surface area (TPSA) is 65.7 Å². The molecule has 280 valence electrons. The second-order valence-electron chi connectivity index (χ2n) is 13.1. The van der Waals surface area contributed by atoms with Crippen molar-refractivity contribution in [3.8, 4) is 0 Å². The first-order chi connectivity index (χ1) is 24.6. The van der Waals surface area contributed by atoms with Crippen molar-refractivity contribution in [3.63, 3.8) is 0 Å². The second-order valence-corrected chi connectivity index (χ2v) is 13.1. The van der Waals surface area contributed by atoms with Crippen molar-refractivity contribution >= 4 is 17.2 Å². The summed E-state index contributed by atoms with van der Waals surface area (Å²) >= 11 is 0. The Kier molecular flexibility index (Phi) is 10.6. The third-order valence-electron chi connectivity index (χ3n) is 9.65. The number of aromatic nitrogens is 4. The van der Waals surface area contributed by atoms with Crippen LogP contribution in [0.5, 0.6) is 0 Å². The van der Waals surface area contributed by atoms with Gasteiger partial charge in [-0.1, -0.05) is 24.3 Å². The van der Waals surface area contributed by atoms with E-state index >= 15 is 0 Å². The van der Waals surface area contributed by atoms with Crippen LogP contribution in [-0.2, 0) is 39.3 Å². The molecule has 2 aliphatic rings. The zero-order valence-electron chi connectivity index (χ0n) is 28.6. The Morgan fingerprint density at radius 3 is 1.21 bits per heavy atom. The number of anilines is 2. The van der Waals surface area contributed by atoms with Gasteiger partial charge in [-0.3, -0.25) is 24.0 Å². The average molecular weight is 739 g/mol. The van der Waals surface area contributed by atoms with Gasteiger partial charge in [0.05, 0.1) is 11.4 Å². The number of nitrogens with zero attached hydrogens (tertiary/aromatic N) is 8. The van der Waals surface area contributed by atoms with Crippen LogP contribution < -0.4 is 9.80 Å². The van der Waals surface area contributed by atoms with Gasteiger partial charge in [-0.05, 0) is 48.2 Å². The van der Waals surface area contributed by atoms with Crippen LogP contribution in [0.1, 0.15) is 38.7 Å². The van der Waals surface area contributed by atoms with Crippen molar-refractivity contribution < 1.29 is 39.9 Å². The smallest absolute Gasteiger partial charge is 0.365 e. The quantitative estimate of drug-likeness (QED) is 0.159. The maximum Gasteiger partial charge on any atom is 0.435 e. The molecule has 2 fully saturated rings. The van der Waals surface area contributed by atoms with E-state index < -0.39 is 52.3 Å². The molecular formula is C35H38F8N8O. The Hall–Kier alpha value is -4.51. The normalized spacial score (nSPS) is 16.6. The molecule has 0 unspecified atom stereocenters. The van der Waals surface area contributed by atoms with E-state index in [2.05, 4.69) is 10.2 Å². The van der Waals surface area contributed by atoms with Crippen molar-refractivity contribution in [1.82, 2.24) is 29.4 Å². The third-order valence-corrected chi connectivity index (χ3v) is 9.65. The van der Waals surface area contributed by atoms with Crippen molar-refractivity contribution in [3.05, 3.63) is 94.1 Å². The molecule has 0 bridgehead atoms. The number of ketones is 1. The van der Waals surface area contributed by atoms with Gasteiger partial charge in [0, 0.05) is 79.5 Å². The molecule has 0 N–H and O–H groups in total. The molecule has 4 heterocycles. The van der Waals surface area contributed by atoms with Gasteiger partial charge >= 0.3 is 12.4 Å². The number of alkyl halides is 6. The van der Waals surface area contributed by atoms with E-state index in [1.54, 1.807) is 24.3 Å². The largest absolute Gasteiger partial charge is 0.435 e. The van der Waals surface area contributed by atoms with Crippen LogP contribution in [0.3, 0.4) is 0 Å². The molecule has 52 heavy (non-hydrogen) atoms. The number of carbonyl (C=O) groups excluding carboxylic acids is 1. The Morgan fingerprint density at radius 2 is 0.904 bits per heavy atom. The Labute approximate surface area is 295 Å². The monoisotopic (exact) mass is 738 g/mol. The lowest BCUT2D eigenvalue weighted by Gasteiger charge is -2.37. The fraction of sp³-hybridized carbons (Fsp3) is 0.457. The zero-order valence-corrected chi connectivity index (χ0v) is 28.6. The minimum absolute atomic E-state index is 0.0984. The fourth-order valence-electron chi connectivity index (χ4n) is 6.94. The maximum atomic E-state index is 14.5. The van der Waals surface area contributed by atoms with E-state index in [9.17, 15) is 39.9 Å². The van der Waals surface area contributed by atoms with E-state index in [0.29, 0.717) is 61.5 Å². The predicted octanol–water partition coefficient (Wildman–Crippen LogP) is 5.43. The standard InChI is InChI=1S/C35H38F8N8O/c1-46-32(34(38,39)40)29(50-19-15-48(16-20-50)13-11-23-3-7-25(36)8-4-23)27(44-46)31(52)28-30(33(35(41,42)43)47(2)45-28)51-21-17-49(18-22-51)14-12-24-5-9-26(37)10-6-24/h3-10H,11-22H2,1-2H3. The molecule has 0 radical (unpaired) electrons. The molecule has 0 atom stereocenters. The van der Waals surface area contributed by atoms with E-state index in [1.165, 1.54) is 34.1 Å². The highest BCUT2D eigenvalue weighted by Gasteiger charge is 2.46. The Balaban J connectivity index is 1.24. The van der Waals surface area contributed by atoms with Crippen LogP contribution in [-0.4, -0.2) is 101 Å². The lowest BCUT2D eigenvalue weighted by Crippen LogP contribution is -2.48. The van der Waals surface area contributed by atoms with E-state index in [0.717, 1.165) is 25.2 Å². The summed E-state index contributed by atoms with van der Waals surface area (Å²) in [4.78, 5) is 21.1. The first-order valence-corrected chi connectivity index (χ1v) is 16.9. The molecular weight excluding hydrogens is 700 g/mol. The van der Waals surface area contributed by atoms with Gasteiger partial charge in [-0.15, -0.1) is 0 Å². The Morgan fingerprint density at radius 1 is 0.577 bits per heavy atom. The molecule has 0 amide bonds. The lowest BCUT2D eigenvalue weighted by atomic mass is 10.1. The molecule has 4 aromatic rings. The number of rotatable bonds is 10. The van der Waals surface area contributed by atoms with Crippen molar-refractivity contribution in [2.75, 3.05) is 75.2 Å². The third kappa shape index (κ3) is 8.09. The summed E-state index contributed by atoms with van der Waals surface area (Å²) in [6.07, 6.45) is -8.66. The number of aryl methyl sites for hydroxylation is 2. The van der Waals surface area contributed by atoms with Crippen LogP contribution in [0, 0.1) is 11.6 Å². The van der Waals surface area contributed by atoms with Gasteiger partial charge < -0.3 is 9.80 Å². The summed E-state index contributed by atoms with van der Waals surface area (Å²) in [6, 6.07) is 12.1. The molecule has 2 aliphatic heterocycles. The van der Waals surface area contributed by atoms with Gasteiger partial charge in [-0.2, -0.15) is 36.5 Å². The van der Waals surface area contributed by atoms with Crippen LogP contribution >= 0.6 is 0 Å². The molecule has 0 spiro atoms. The molecule has 2 saturated heterocycles. The predicted molar refractivity (Wildman–Crippen MR) is 177 cm³/mol.